The highest BCUT2D eigenvalue weighted by atomic mass is 32.1. The number of carbonyl (C=O) groups excluding carboxylic acids is 1. The standard InChI is InChI=1S/C20H16N2OS/c23-19-17(13-14-7-2-1-3-8-14)21-20(24)22(19)18-12-6-10-15-9-4-5-11-16(15)18/h1-12,17H,13H2,(H,21,24)/t17-/m0/s1. The molecule has 118 valence electrons. The molecule has 0 radical (unpaired) electrons. The molecule has 1 aliphatic heterocycles. The topological polar surface area (TPSA) is 32.3 Å². The van der Waals surface area contributed by atoms with Gasteiger partial charge in [-0.05, 0) is 29.2 Å². The molecule has 0 spiro atoms. The van der Waals surface area contributed by atoms with Crippen LogP contribution < -0.4 is 10.2 Å². The summed E-state index contributed by atoms with van der Waals surface area (Å²) >= 11 is 5.45. The fraction of sp³-hybridized carbons (Fsp3) is 0.100. The number of anilines is 1. The molecule has 1 atom stereocenters. The Morgan fingerprint density at radius 3 is 2.46 bits per heavy atom. The average molecular weight is 332 g/mol. The van der Waals surface area contributed by atoms with Gasteiger partial charge in [-0.2, -0.15) is 0 Å². The zero-order valence-electron chi connectivity index (χ0n) is 13.0. The number of thiocarbonyl (C=S) groups is 1. The molecule has 1 N–H and O–H groups in total. The SMILES string of the molecule is O=C1[C@H](Cc2ccccc2)NC(=S)N1c1cccc2ccccc12. The Hall–Kier alpha value is -2.72. The molecule has 1 aliphatic rings. The Labute approximate surface area is 145 Å². The van der Waals surface area contributed by atoms with E-state index in [2.05, 4.69) is 5.32 Å². The van der Waals surface area contributed by atoms with Gasteiger partial charge in [0.05, 0.1) is 5.69 Å². The average Bonchev–Trinajstić information content (AvgIpc) is 2.89. The van der Waals surface area contributed by atoms with Crippen LogP contribution in [0.5, 0.6) is 0 Å². The van der Waals surface area contributed by atoms with Crippen LogP contribution in [0.1, 0.15) is 5.56 Å². The van der Waals surface area contributed by atoms with Crippen molar-refractivity contribution in [3.8, 4) is 0 Å². The minimum Gasteiger partial charge on any atom is -0.350 e. The summed E-state index contributed by atoms with van der Waals surface area (Å²) in [5.41, 5.74) is 1.96. The number of hydrogen-bond acceptors (Lipinski definition) is 2. The highest BCUT2D eigenvalue weighted by Gasteiger charge is 2.36. The second kappa shape index (κ2) is 6.06. The molecule has 0 aromatic heterocycles. The third-order valence-corrected chi connectivity index (χ3v) is 4.61. The van der Waals surface area contributed by atoms with Crippen LogP contribution in [-0.2, 0) is 11.2 Å². The molecular weight excluding hydrogens is 316 g/mol. The maximum Gasteiger partial charge on any atom is 0.256 e. The molecule has 3 aromatic rings. The van der Waals surface area contributed by atoms with E-state index in [-0.39, 0.29) is 11.9 Å². The third-order valence-electron chi connectivity index (χ3n) is 4.31. The van der Waals surface area contributed by atoms with Gasteiger partial charge < -0.3 is 5.32 Å². The maximum atomic E-state index is 12.9. The minimum absolute atomic E-state index is 0.000191. The molecule has 0 unspecified atom stereocenters. The molecule has 0 bridgehead atoms. The molecule has 1 amide bonds. The smallest absolute Gasteiger partial charge is 0.256 e. The monoisotopic (exact) mass is 332 g/mol. The number of fused-ring (bicyclic) bond motifs is 1. The van der Waals surface area contributed by atoms with Crippen LogP contribution in [0.25, 0.3) is 10.8 Å². The summed E-state index contributed by atoms with van der Waals surface area (Å²) in [6, 6.07) is 23.6. The molecule has 3 aromatic carbocycles. The van der Waals surface area contributed by atoms with Gasteiger partial charge in [-0.15, -0.1) is 0 Å². The molecule has 0 saturated carbocycles. The van der Waals surface area contributed by atoms with E-state index in [1.807, 2.05) is 72.8 Å². The van der Waals surface area contributed by atoms with Gasteiger partial charge in [0.15, 0.2) is 5.11 Å². The number of carbonyl (C=O) groups is 1. The van der Waals surface area contributed by atoms with Crippen LogP contribution in [-0.4, -0.2) is 17.1 Å². The van der Waals surface area contributed by atoms with Crippen molar-refractivity contribution in [2.24, 2.45) is 0 Å². The van der Waals surface area contributed by atoms with Gasteiger partial charge >= 0.3 is 0 Å². The lowest BCUT2D eigenvalue weighted by atomic mass is 10.1. The van der Waals surface area contributed by atoms with Crippen LogP contribution in [0.3, 0.4) is 0 Å². The first-order chi connectivity index (χ1) is 11.7. The molecule has 4 heteroatoms. The molecule has 1 saturated heterocycles. The van der Waals surface area contributed by atoms with Crippen molar-refractivity contribution in [3.63, 3.8) is 0 Å². The van der Waals surface area contributed by atoms with Crippen molar-refractivity contribution >= 4 is 39.7 Å². The van der Waals surface area contributed by atoms with E-state index >= 15 is 0 Å². The molecule has 24 heavy (non-hydrogen) atoms. The highest BCUT2D eigenvalue weighted by molar-refractivity contribution is 7.80. The zero-order valence-corrected chi connectivity index (χ0v) is 13.8. The maximum absolute atomic E-state index is 12.9. The normalized spacial score (nSPS) is 17.3. The Morgan fingerprint density at radius 1 is 0.917 bits per heavy atom. The number of nitrogens with zero attached hydrogens (tertiary/aromatic N) is 1. The van der Waals surface area contributed by atoms with Crippen LogP contribution in [0, 0.1) is 0 Å². The van der Waals surface area contributed by atoms with E-state index < -0.39 is 0 Å². The fourth-order valence-corrected chi connectivity index (χ4v) is 3.48. The lowest BCUT2D eigenvalue weighted by molar-refractivity contribution is -0.118. The summed E-state index contributed by atoms with van der Waals surface area (Å²) in [5.74, 6) is 0.000191. The lowest BCUT2D eigenvalue weighted by Gasteiger charge is -2.17. The Bertz CT molecular complexity index is 918. The van der Waals surface area contributed by atoms with E-state index in [1.165, 1.54) is 0 Å². The molecule has 4 rings (SSSR count). The molecule has 0 aliphatic carbocycles. The van der Waals surface area contributed by atoms with Crippen LogP contribution in [0.15, 0.2) is 72.8 Å². The molecule has 1 heterocycles. The van der Waals surface area contributed by atoms with Gasteiger partial charge in [0, 0.05) is 11.8 Å². The summed E-state index contributed by atoms with van der Waals surface area (Å²) in [5, 5.41) is 5.76. The number of hydrogen-bond donors (Lipinski definition) is 1. The lowest BCUT2D eigenvalue weighted by Crippen LogP contribution is -2.32. The number of benzene rings is 3. The predicted molar refractivity (Wildman–Crippen MR) is 101 cm³/mol. The van der Waals surface area contributed by atoms with E-state index in [0.29, 0.717) is 11.5 Å². The van der Waals surface area contributed by atoms with E-state index in [9.17, 15) is 4.79 Å². The van der Waals surface area contributed by atoms with Crippen molar-refractivity contribution in [2.75, 3.05) is 4.90 Å². The summed E-state index contributed by atoms with van der Waals surface area (Å²) in [4.78, 5) is 14.6. The fourth-order valence-electron chi connectivity index (χ4n) is 3.15. The van der Waals surface area contributed by atoms with Crippen molar-refractivity contribution in [3.05, 3.63) is 78.4 Å². The van der Waals surface area contributed by atoms with Gasteiger partial charge in [0.25, 0.3) is 5.91 Å². The summed E-state index contributed by atoms with van der Waals surface area (Å²) in [6.45, 7) is 0. The quantitative estimate of drug-likeness (QED) is 0.743. The zero-order chi connectivity index (χ0) is 16.5. The summed E-state index contributed by atoms with van der Waals surface area (Å²) in [7, 11) is 0. The van der Waals surface area contributed by atoms with Crippen LogP contribution in [0.2, 0.25) is 0 Å². The third kappa shape index (κ3) is 2.55. The van der Waals surface area contributed by atoms with Crippen molar-refractivity contribution < 1.29 is 4.79 Å². The largest absolute Gasteiger partial charge is 0.350 e. The van der Waals surface area contributed by atoms with Gasteiger partial charge in [0.1, 0.15) is 6.04 Å². The van der Waals surface area contributed by atoms with Crippen molar-refractivity contribution in [1.82, 2.24) is 5.32 Å². The van der Waals surface area contributed by atoms with E-state index in [1.54, 1.807) is 4.90 Å². The van der Waals surface area contributed by atoms with Crippen molar-refractivity contribution in [2.45, 2.75) is 12.5 Å². The first-order valence-electron chi connectivity index (χ1n) is 7.90. The van der Waals surface area contributed by atoms with Gasteiger partial charge in [-0.3, -0.25) is 9.69 Å². The number of nitrogens with one attached hydrogen (secondary N) is 1. The van der Waals surface area contributed by atoms with Gasteiger partial charge in [0.2, 0.25) is 0 Å². The highest BCUT2D eigenvalue weighted by Crippen LogP contribution is 2.29. The van der Waals surface area contributed by atoms with E-state index in [0.717, 1.165) is 22.0 Å². The number of rotatable bonds is 3. The molecular formula is C20H16N2OS. The predicted octanol–water partition coefficient (Wildman–Crippen LogP) is 3.67. The Balaban J connectivity index is 1.68. The summed E-state index contributed by atoms with van der Waals surface area (Å²) < 4.78 is 0. The van der Waals surface area contributed by atoms with Crippen molar-refractivity contribution in [1.29, 1.82) is 0 Å². The first kappa shape index (κ1) is 14.8. The summed E-state index contributed by atoms with van der Waals surface area (Å²) in [6.07, 6.45) is 0.626. The van der Waals surface area contributed by atoms with Crippen LogP contribution in [0.4, 0.5) is 5.69 Å². The van der Waals surface area contributed by atoms with Gasteiger partial charge in [-0.25, -0.2) is 0 Å². The second-order valence-electron chi connectivity index (χ2n) is 5.86. The van der Waals surface area contributed by atoms with E-state index in [4.69, 9.17) is 12.2 Å². The second-order valence-corrected chi connectivity index (χ2v) is 6.25. The van der Waals surface area contributed by atoms with Crippen LogP contribution >= 0.6 is 12.2 Å². The number of amides is 1. The van der Waals surface area contributed by atoms with Gasteiger partial charge in [-0.1, -0.05) is 66.7 Å². The molecule has 1 fully saturated rings. The minimum atomic E-state index is -0.320. The Morgan fingerprint density at radius 2 is 1.62 bits per heavy atom. The molecule has 3 nitrogen and oxygen atoms in total. The first-order valence-corrected chi connectivity index (χ1v) is 8.31. The Kier molecular flexibility index (Phi) is 3.75.